The lowest BCUT2D eigenvalue weighted by molar-refractivity contribution is -0.646. The van der Waals surface area contributed by atoms with E-state index < -0.39 is 57.3 Å². The molecule has 2 saturated heterocycles. The maximum absolute atomic E-state index is 13.8. The van der Waals surface area contributed by atoms with E-state index in [2.05, 4.69) is 5.32 Å². The highest BCUT2D eigenvalue weighted by Gasteiger charge is 2.55. The van der Waals surface area contributed by atoms with Crippen molar-refractivity contribution in [2.75, 3.05) is 13.1 Å². The molecule has 3 unspecified atom stereocenters. The van der Waals surface area contributed by atoms with E-state index in [-0.39, 0.29) is 23.6 Å². The summed E-state index contributed by atoms with van der Waals surface area (Å²) in [5.41, 5.74) is 1.39. The first-order chi connectivity index (χ1) is 19.1. The molecule has 1 N–H and O–H groups in total. The van der Waals surface area contributed by atoms with E-state index in [9.17, 15) is 28.0 Å². The zero-order chi connectivity index (χ0) is 28.6. The number of nitrogens with zero attached hydrogens (tertiary/aromatic N) is 3. The van der Waals surface area contributed by atoms with Gasteiger partial charge in [0.25, 0.3) is 5.91 Å². The Morgan fingerprint density at radius 1 is 1.12 bits per heavy atom. The number of aromatic nitrogens is 1. The van der Waals surface area contributed by atoms with Gasteiger partial charge in [0.15, 0.2) is 12.0 Å². The van der Waals surface area contributed by atoms with Crippen LogP contribution < -0.4 is 10.0 Å². The number of nitrogens with one attached hydrogen (secondary N) is 1. The largest absolute Gasteiger partial charge is 0.618 e. The molecule has 2 aliphatic heterocycles. The summed E-state index contributed by atoms with van der Waals surface area (Å²) in [5, 5.41) is 16.5. The number of pyridine rings is 1. The van der Waals surface area contributed by atoms with Crippen LogP contribution in [0.3, 0.4) is 0 Å². The van der Waals surface area contributed by atoms with Crippen molar-refractivity contribution in [1.82, 2.24) is 14.5 Å². The molecular formula is C28H30N4O6S2. The van der Waals surface area contributed by atoms with Gasteiger partial charge in [0.05, 0.1) is 12.6 Å². The van der Waals surface area contributed by atoms with Crippen molar-refractivity contribution < 1.29 is 27.5 Å². The predicted octanol–water partition coefficient (Wildman–Crippen LogP) is 2.44. The topological polar surface area (TPSA) is 131 Å². The van der Waals surface area contributed by atoms with Crippen molar-refractivity contribution in [2.24, 2.45) is 5.92 Å². The van der Waals surface area contributed by atoms with Crippen molar-refractivity contribution in [3.05, 3.63) is 76.9 Å². The third-order valence-corrected chi connectivity index (χ3v) is 10.1. The number of likely N-dealkylation sites (tertiary alicyclic amines) is 1. The van der Waals surface area contributed by atoms with Gasteiger partial charge < -0.3 is 15.4 Å². The van der Waals surface area contributed by atoms with Gasteiger partial charge in [0, 0.05) is 29.1 Å². The van der Waals surface area contributed by atoms with Gasteiger partial charge in [-0.05, 0) is 54.0 Å². The number of fused-ring (bicyclic) bond motifs is 1. The number of hydrogen-bond donors (Lipinski definition) is 1. The van der Waals surface area contributed by atoms with E-state index >= 15 is 0 Å². The lowest BCUT2D eigenvalue weighted by atomic mass is 10.0. The molecule has 10 nitrogen and oxygen atoms in total. The van der Waals surface area contributed by atoms with Crippen molar-refractivity contribution in [2.45, 2.75) is 49.8 Å². The Balaban J connectivity index is 1.34. The van der Waals surface area contributed by atoms with E-state index in [0.29, 0.717) is 12.0 Å². The standard InChI is InChI=1S/C28H30N4O6S2/c1-18(2)16-21(29-27(34)20-10-8-19(9-11-20)24-6-5-15-39-24)28(35)30-14-12-22-26(30)23(33)17-32(22)40(37,38)25-7-3-4-13-31(25)36/h3-11,13,15,18,21-22,26H,12,14,16-17H2,1-2H3,(H,29,34). The quantitative estimate of drug-likeness (QED) is 0.321. The summed E-state index contributed by atoms with van der Waals surface area (Å²) >= 11 is 1.60. The SMILES string of the molecule is CC(C)CC(NC(=O)c1ccc(-c2cccs2)cc1)C(=O)N1CCC2C1C(=O)CN2S(=O)(=O)c1cccc[n+]1[O-]. The van der Waals surface area contributed by atoms with Crippen LogP contribution in [0.5, 0.6) is 0 Å². The van der Waals surface area contributed by atoms with Crippen molar-refractivity contribution >= 4 is 39.0 Å². The smallest absolute Gasteiger partial charge is 0.323 e. The van der Waals surface area contributed by atoms with Gasteiger partial charge in [-0.25, -0.2) is 8.42 Å². The van der Waals surface area contributed by atoms with Crippen LogP contribution in [0.15, 0.2) is 71.2 Å². The minimum atomic E-state index is -4.26. The molecule has 2 aromatic heterocycles. The number of amides is 2. The first-order valence-electron chi connectivity index (χ1n) is 13.1. The second-order valence-corrected chi connectivity index (χ2v) is 13.2. The van der Waals surface area contributed by atoms with Gasteiger partial charge in [-0.2, -0.15) is 9.04 Å². The summed E-state index contributed by atoms with van der Waals surface area (Å²) in [6.07, 6.45) is 1.68. The molecule has 3 atom stereocenters. The summed E-state index contributed by atoms with van der Waals surface area (Å²) in [6.45, 7) is 3.61. The molecule has 4 heterocycles. The summed E-state index contributed by atoms with van der Waals surface area (Å²) in [7, 11) is -4.26. The zero-order valence-electron chi connectivity index (χ0n) is 22.1. The van der Waals surface area contributed by atoms with Gasteiger partial charge in [0.2, 0.25) is 5.91 Å². The second kappa shape index (κ2) is 11.1. The lowest BCUT2D eigenvalue weighted by Crippen LogP contribution is -2.53. The third kappa shape index (κ3) is 5.26. The number of thiophene rings is 1. The molecule has 3 aromatic rings. The average molecular weight is 583 g/mol. The van der Waals surface area contributed by atoms with Gasteiger partial charge in [-0.1, -0.05) is 32.0 Å². The fraction of sp³-hybridized carbons (Fsp3) is 0.357. The normalized spacial score (nSPS) is 20.1. The van der Waals surface area contributed by atoms with Crippen LogP contribution in [0, 0.1) is 11.1 Å². The fourth-order valence-corrected chi connectivity index (χ4v) is 7.82. The Morgan fingerprint density at radius 3 is 2.52 bits per heavy atom. The molecule has 0 aliphatic carbocycles. The maximum Gasteiger partial charge on any atom is 0.323 e. The molecule has 5 rings (SSSR count). The van der Waals surface area contributed by atoms with E-state index in [1.165, 1.54) is 23.1 Å². The molecule has 0 radical (unpaired) electrons. The summed E-state index contributed by atoms with van der Waals surface area (Å²) in [6, 6.07) is 12.5. The van der Waals surface area contributed by atoms with Gasteiger partial charge in [-0.3, -0.25) is 14.4 Å². The number of Topliss-reactive ketones (excluding diaryl/α,β-unsaturated/α-hetero) is 1. The van der Waals surface area contributed by atoms with Crippen LogP contribution in [0.4, 0.5) is 0 Å². The Morgan fingerprint density at radius 2 is 1.88 bits per heavy atom. The van der Waals surface area contributed by atoms with Crippen molar-refractivity contribution in [3.63, 3.8) is 0 Å². The summed E-state index contributed by atoms with van der Waals surface area (Å²) < 4.78 is 27.9. The second-order valence-electron chi connectivity index (χ2n) is 10.4. The highest BCUT2D eigenvalue weighted by molar-refractivity contribution is 7.89. The maximum atomic E-state index is 13.8. The Hall–Kier alpha value is -3.61. The molecular weight excluding hydrogens is 552 g/mol. The molecule has 2 amide bonds. The Kier molecular flexibility index (Phi) is 7.76. The number of benzene rings is 1. The molecule has 0 bridgehead atoms. The first-order valence-corrected chi connectivity index (χ1v) is 15.4. The number of sulfonamides is 1. The first kappa shape index (κ1) is 27.9. The van der Waals surface area contributed by atoms with Crippen molar-refractivity contribution in [1.29, 1.82) is 0 Å². The summed E-state index contributed by atoms with van der Waals surface area (Å²) in [5.74, 6) is -1.17. The lowest BCUT2D eigenvalue weighted by Gasteiger charge is -2.29. The van der Waals surface area contributed by atoms with Gasteiger partial charge in [-0.15, -0.1) is 11.3 Å². The highest BCUT2D eigenvalue weighted by Crippen LogP contribution is 2.34. The number of ketones is 1. The van der Waals surface area contributed by atoms with Gasteiger partial charge >= 0.3 is 15.0 Å². The number of rotatable bonds is 8. The van der Waals surface area contributed by atoms with E-state index in [1.807, 2.05) is 43.5 Å². The molecule has 40 heavy (non-hydrogen) atoms. The Labute approximate surface area is 236 Å². The zero-order valence-corrected chi connectivity index (χ0v) is 23.7. The van der Waals surface area contributed by atoms with E-state index in [1.54, 1.807) is 23.5 Å². The predicted molar refractivity (Wildman–Crippen MR) is 149 cm³/mol. The van der Waals surface area contributed by atoms with Crippen LogP contribution in [0.25, 0.3) is 10.4 Å². The number of carbonyl (C=O) groups is 3. The van der Waals surface area contributed by atoms with E-state index in [4.69, 9.17) is 0 Å². The Bertz CT molecular complexity index is 1520. The minimum Gasteiger partial charge on any atom is -0.618 e. The van der Waals surface area contributed by atoms with E-state index in [0.717, 1.165) is 20.9 Å². The fourth-order valence-electron chi connectivity index (χ4n) is 5.44. The molecule has 0 saturated carbocycles. The molecule has 2 aliphatic rings. The molecule has 2 fully saturated rings. The van der Waals surface area contributed by atoms with Crippen LogP contribution >= 0.6 is 11.3 Å². The monoisotopic (exact) mass is 582 g/mol. The van der Waals surface area contributed by atoms with Crippen LogP contribution in [0.1, 0.15) is 37.0 Å². The molecule has 12 heteroatoms. The average Bonchev–Trinajstić information content (AvgIpc) is 3.67. The summed E-state index contributed by atoms with van der Waals surface area (Å²) in [4.78, 5) is 42.5. The molecule has 210 valence electrons. The highest BCUT2D eigenvalue weighted by atomic mass is 32.2. The third-order valence-electron chi connectivity index (χ3n) is 7.29. The molecule has 1 aromatic carbocycles. The minimum absolute atomic E-state index is 0.0654. The van der Waals surface area contributed by atoms with Gasteiger partial charge in [0.1, 0.15) is 12.1 Å². The number of hydrogen-bond acceptors (Lipinski definition) is 7. The van der Waals surface area contributed by atoms with Crippen molar-refractivity contribution in [3.8, 4) is 10.4 Å². The van der Waals surface area contributed by atoms with Crippen LogP contribution in [0.2, 0.25) is 0 Å². The number of carbonyl (C=O) groups excluding carboxylic acids is 3. The van der Waals surface area contributed by atoms with Crippen LogP contribution in [-0.4, -0.2) is 66.4 Å². The molecule has 0 spiro atoms. The van der Waals surface area contributed by atoms with Crippen LogP contribution in [-0.2, 0) is 19.6 Å².